The number of H-pyrrole nitrogens is 1. The van der Waals surface area contributed by atoms with E-state index in [1.54, 1.807) is 4.57 Å². The quantitative estimate of drug-likeness (QED) is 0.599. The molecule has 0 radical (unpaired) electrons. The Morgan fingerprint density at radius 1 is 1.09 bits per heavy atom. The van der Waals surface area contributed by atoms with Crippen LogP contribution < -0.4 is 15.4 Å². The Bertz CT molecular complexity index is 1290. The smallest absolute Gasteiger partial charge is 0.356 e. The second-order valence-electron chi connectivity index (χ2n) is 10.2. The van der Waals surface area contributed by atoms with E-state index in [1.807, 2.05) is 4.90 Å². The van der Waals surface area contributed by atoms with Crippen LogP contribution in [0.25, 0.3) is 11.0 Å². The lowest BCUT2D eigenvalue weighted by Crippen LogP contribution is -2.44. The van der Waals surface area contributed by atoms with Crippen molar-refractivity contribution in [3.63, 3.8) is 0 Å². The number of alkyl halides is 3. The Labute approximate surface area is 200 Å². The van der Waals surface area contributed by atoms with E-state index in [2.05, 4.69) is 38.9 Å². The topological polar surface area (TPSA) is 95.8 Å². The van der Waals surface area contributed by atoms with Gasteiger partial charge >= 0.3 is 6.18 Å². The van der Waals surface area contributed by atoms with Crippen LogP contribution in [-0.4, -0.2) is 55.9 Å². The van der Waals surface area contributed by atoms with Crippen LogP contribution in [0.2, 0.25) is 0 Å². The zero-order chi connectivity index (χ0) is 25.0. The summed E-state index contributed by atoms with van der Waals surface area (Å²) < 4.78 is 41.5. The Balaban J connectivity index is 1.35. The monoisotopic (exact) mass is 490 g/mol. The summed E-state index contributed by atoms with van der Waals surface area (Å²) in [5.41, 5.74) is -0.523. The number of aromatic nitrogens is 6. The second kappa shape index (κ2) is 8.49. The summed E-state index contributed by atoms with van der Waals surface area (Å²) in [4.78, 5) is 29.8. The van der Waals surface area contributed by atoms with Crippen LogP contribution in [0.4, 0.5) is 24.9 Å². The maximum Gasteiger partial charge on any atom is 0.433 e. The van der Waals surface area contributed by atoms with Crippen LogP contribution in [-0.2, 0) is 12.7 Å². The SMILES string of the molecule is Cc1nc(N2CCC3(CCN(c4nc5[nH]ncc5c(=O)n4CC(C)C)CC3)C2)cc(C(F)(F)F)n1. The zero-order valence-electron chi connectivity index (χ0n) is 20.1. The number of aryl methyl sites for hydroxylation is 1. The van der Waals surface area contributed by atoms with Crippen molar-refractivity contribution in [3.05, 3.63) is 34.1 Å². The number of piperidine rings is 1. The van der Waals surface area contributed by atoms with Crippen LogP contribution in [0.1, 0.15) is 44.6 Å². The highest BCUT2D eigenvalue weighted by Crippen LogP contribution is 2.42. The normalized spacial score (nSPS) is 18.4. The van der Waals surface area contributed by atoms with Crippen molar-refractivity contribution >= 4 is 22.8 Å². The molecule has 0 bridgehead atoms. The minimum Gasteiger partial charge on any atom is -0.356 e. The van der Waals surface area contributed by atoms with E-state index < -0.39 is 11.9 Å². The molecule has 0 amide bonds. The molecule has 0 aromatic carbocycles. The summed E-state index contributed by atoms with van der Waals surface area (Å²) in [5, 5.41) is 7.28. The van der Waals surface area contributed by atoms with Crippen LogP contribution in [0.5, 0.6) is 0 Å². The van der Waals surface area contributed by atoms with Gasteiger partial charge in [0, 0.05) is 38.8 Å². The average molecular weight is 491 g/mol. The van der Waals surface area contributed by atoms with Crippen LogP contribution >= 0.6 is 0 Å². The molecule has 1 N–H and O–H groups in total. The molecular formula is C23H29F3N8O. The predicted molar refractivity (Wildman–Crippen MR) is 125 cm³/mol. The Morgan fingerprint density at radius 3 is 2.43 bits per heavy atom. The minimum absolute atomic E-state index is 0.00495. The molecule has 2 fully saturated rings. The lowest BCUT2D eigenvalue weighted by atomic mass is 9.78. The van der Waals surface area contributed by atoms with Crippen molar-refractivity contribution in [2.24, 2.45) is 11.3 Å². The molecule has 0 aliphatic carbocycles. The van der Waals surface area contributed by atoms with Gasteiger partial charge in [-0.1, -0.05) is 13.8 Å². The molecule has 2 aliphatic heterocycles. The Morgan fingerprint density at radius 2 is 1.77 bits per heavy atom. The van der Waals surface area contributed by atoms with Gasteiger partial charge in [-0.2, -0.15) is 23.3 Å². The van der Waals surface area contributed by atoms with Gasteiger partial charge in [0.05, 0.1) is 6.20 Å². The molecule has 12 heteroatoms. The lowest BCUT2D eigenvalue weighted by Gasteiger charge is -2.40. The summed E-state index contributed by atoms with van der Waals surface area (Å²) in [7, 11) is 0. The molecule has 188 valence electrons. The third-order valence-electron chi connectivity index (χ3n) is 7.08. The van der Waals surface area contributed by atoms with Gasteiger partial charge in [0.15, 0.2) is 5.65 Å². The highest BCUT2D eigenvalue weighted by atomic mass is 19.4. The molecule has 0 saturated carbocycles. The number of aromatic amines is 1. The summed E-state index contributed by atoms with van der Waals surface area (Å²) >= 11 is 0. The average Bonchev–Trinajstić information content (AvgIpc) is 3.43. The van der Waals surface area contributed by atoms with E-state index in [4.69, 9.17) is 4.98 Å². The van der Waals surface area contributed by atoms with E-state index in [0.29, 0.717) is 55.5 Å². The number of halogens is 3. The molecule has 9 nitrogen and oxygen atoms in total. The first kappa shape index (κ1) is 23.6. The van der Waals surface area contributed by atoms with Gasteiger partial charge in [-0.3, -0.25) is 14.5 Å². The summed E-state index contributed by atoms with van der Waals surface area (Å²) in [6, 6.07) is 1.05. The third-order valence-corrected chi connectivity index (χ3v) is 7.08. The highest BCUT2D eigenvalue weighted by Gasteiger charge is 2.42. The van der Waals surface area contributed by atoms with Gasteiger partial charge in [-0.15, -0.1) is 0 Å². The van der Waals surface area contributed by atoms with E-state index in [-0.39, 0.29) is 22.7 Å². The van der Waals surface area contributed by atoms with Gasteiger partial charge in [0.2, 0.25) is 5.95 Å². The van der Waals surface area contributed by atoms with Gasteiger partial charge in [-0.05, 0) is 37.5 Å². The van der Waals surface area contributed by atoms with Crippen molar-refractivity contribution in [1.29, 1.82) is 0 Å². The standard InChI is InChI=1S/C23H29F3N8O/c1-14(2)12-34-20(35)16-11-27-31-19(16)30-21(34)32-7-4-22(5-8-32)6-9-33(13-22)18-10-17(23(24,25)26)28-15(3)29-18/h10-11,14H,4-9,12-13H2,1-3H3,(H,27,31). The molecule has 5 rings (SSSR count). The maximum atomic E-state index is 13.3. The molecule has 2 saturated heterocycles. The Kier molecular flexibility index (Phi) is 5.71. The molecule has 2 aliphatic rings. The molecule has 35 heavy (non-hydrogen) atoms. The fraction of sp³-hybridized carbons (Fsp3) is 0.609. The van der Waals surface area contributed by atoms with E-state index in [0.717, 1.165) is 25.3 Å². The summed E-state index contributed by atoms with van der Waals surface area (Å²) in [5.74, 6) is 1.37. The van der Waals surface area contributed by atoms with Gasteiger partial charge in [0.25, 0.3) is 5.56 Å². The number of nitrogens with zero attached hydrogens (tertiary/aromatic N) is 7. The molecule has 0 atom stereocenters. The molecule has 3 aromatic heterocycles. The van der Waals surface area contributed by atoms with Gasteiger partial charge in [0.1, 0.15) is 22.7 Å². The first-order chi connectivity index (χ1) is 16.5. The van der Waals surface area contributed by atoms with Crippen molar-refractivity contribution in [2.75, 3.05) is 36.0 Å². The largest absolute Gasteiger partial charge is 0.433 e. The fourth-order valence-corrected chi connectivity index (χ4v) is 5.27. The number of anilines is 2. The van der Waals surface area contributed by atoms with Crippen LogP contribution in [0.15, 0.2) is 17.1 Å². The lowest BCUT2D eigenvalue weighted by molar-refractivity contribution is -0.141. The van der Waals surface area contributed by atoms with E-state index >= 15 is 0 Å². The van der Waals surface area contributed by atoms with Crippen molar-refractivity contribution < 1.29 is 13.2 Å². The highest BCUT2D eigenvalue weighted by molar-refractivity contribution is 5.74. The first-order valence-electron chi connectivity index (χ1n) is 11.9. The molecule has 5 heterocycles. The van der Waals surface area contributed by atoms with Crippen molar-refractivity contribution in [3.8, 4) is 0 Å². The number of fused-ring (bicyclic) bond motifs is 1. The fourth-order valence-electron chi connectivity index (χ4n) is 5.27. The molecular weight excluding hydrogens is 461 g/mol. The van der Waals surface area contributed by atoms with Crippen molar-refractivity contribution in [1.82, 2.24) is 29.7 Å². The molecule has 3 aromatic rings. The van der Waals surface area contributed by atoms with Crippen LogP contribution in [0, 0.1) is 18.3 Å². The summed E-state index contributed by atoms with van der Waals surface area (Å²) in [6.45, 7) is 8.92. The van der Waals surface area contributed by atoms with E-state index in [1.165, 1.54) is 13.1 Å². The Hall–Kier alpha value is -3.18. The molecule has 0 unspecified atom stereocenters. The van der Waals surface area contributed by atoms with Gasteiger partial charge in [-0.25, -0.2) is 9.97 Å². The first-order valence-corrected chi connectivity index (χ1v) is 11.9. The van der Waals surface area contributed by atoms with Gasteiger partial charge < -0.3 is 9.80 Å². The predicted octanol–water partition coefficient (Wildman–Crippen LogP) is 3.39. The second-order valence-corrected chi connectivity index (χ2v) is 10.2. The number of nitrogens with one attached hydrogen (secondary N) is 1. The number of rotatable bonds is 4. The minimum atomic E-state index is -4.50. The number of hydrogen-bond donors (Lipinski definition) is 1. The van der Waals surface area contributed by atoms with Crippen LogP contribution in [0.3, 0.4) is 0 Å². The number of hydrogen-bond acceptors (Lipinski definition) is 7. The van der Waals surface area contributed by atoms with E-state index in [9.17, 15) is 18.0 Å². The zero-order valence-corrected chi connectivity index (χ0v) is 20.1. The summed E-state index contributed by atoms with van der Waals surface area (Å²) in [6.07, 6.45) is -0.379. The third kappa shape index (κ3) is 4.45. The van der Waals surface area contributed by atoms with Crippen molar-refractivity contribution in [2.45, 2.75) is 52.8 Å². The molecule has 1 spiro atoms. The maximum absolute atomic E-state index is 13.3.